The molecule has 0 amide bonds. The van der Waals surface area contributed by atoms with Gasteiger partial charge in [-0.3, -0.25) is 4.79 Å². The van der Waals surface area contributed by atoms with Crippen molar-refractivity contribution < 1.29 is 28.8 Å². The zero-order chi connectivity index (χ0) is 21.9. The number of esters is 1. The van der Waals surface area contributed by atoms with Crippen LogP contribution in [0.15, 0.2) is 24.3 Å². The van der Waals surface area contributed by atoms with E-state index in [1.165, 1.54) is 5.57 Å². The molecule has 6 atom stereocenters. The lowest BCUT2D eigenvalue weighted by atomic mass is 9.45. The monoisotopic (exact) mass is 428 g/mol. The van der Waals surface area contributed by atoms with Gasteiger partial charge in [-0.1, -0.05) is 24.6 Å². The average Bonchev–Trinajstić information content (AvgIpc) is 3.31. The van der Waals surface area contributed by atoms with E-state index in [0.29, 0.717) is 39.1 Å². The Hall–Kier alpha value is -1.81. The Morgan fingerprint density at radius 1 is 1.35 bits per heavy atom. The Bertz CT molecular complexity index is 876. The van der Waals surface area contributed by atoms with Gasteiger partial charge in [-0.2, -0.15) is 0 Å². The average molecular weight is 429 g/mol. The van der Waals surface area contributed by atoms with Crippen molar-refractivity contribution in [1.82, 2.24) is 0 Å². The fourth-order valence-corrected chi connectivity index (χ4v) is 7.13. The summed E-state index contributed by atoms with van der Waals surface area (Å²) in [6.45, 7) is 9.63. The highest BCUT2D eigenvalue weighted by Gasteiger charge is 2.73. The quantitative estimate of drug-likeness (QED) is 0.423. The topological polar surface area (TPSA) is 74.2 Å². The molecule has 0 unspecified atom stereocenters. The van der Waals surface area contributed by atoms with Crippen molar-refractivity contribution in [3.05, 3.63) is 24.3 Å². The van der Waals surface area contributed by atoms with Crippen LogP contribution in [0.1, 0.15) is 52.4 Å². The number of allylic oxidation sites excluding steroid dienone is 2. The van der Waals surface area contributed by atoms with Crippen LogP contribution < -0.4 is 0 Å². The second-order valence-corrected chi connectivity index (χ2v) is 9.95. The van der Waals surface area contributed by atoms with Gasteiger partial charge in [-0.25, -0.2) is 0 Å². The van der Waals surface area contributed by atoms with Crippen molar-refractivity contribution in [3.63, 3.8) is 0 Å². The van der Waals surface area contributed by atoms with E-state index < -0.39 is 16.8 Å². The molecule has 2 aliphatic heterocycles. The lowest BCUT2D eigenvalue weighted by Crippen LogP contribution is -2.64. The molecule has 2 bridgehead atoms. The molecular formula is C25H32O6. The molecule has 2 saturated heterocycles. The van der Waals surface area contributed by atoms with Gasteiger partial charge in [-0.05, 0) is 37.5 Å². The SMILES string of the molecule is C=CC[C@]12C[C@H](OC1=O)[C@H]1[C@H](CC=C3CC4(CC[C@@]31C)OCCO4)[C@@]2(O)C#COCC. The van der Waals surface area contributed by atoms with E-state index in [1.54, 1.807) is 6.08 Å². The number of rotatable bonds is 3. The third kappa shape index (κ3) is 2.73. The molecule has 2 saturated carbocycles. The maximum absolute atomic E-state index is 13.2. The van der Waals surface area contributed by atoms with Crippen molar-refractivity contribution in [2.24, 2.45) is 22.7 Å². The molecule has 1 N–H and O–H groups in total. The second-order valence-electron chi connectivity index (χ2n) is 9.95. The maximum atomic E-state index is 13.2. The van der Waals surface area contributed by atoms with E-state index in [1.807, 2.05) is 6.92 Å². The highest BCUT2D eigenvalue weighted by Crippen LogP contribution is 2.67. The van der Waals surface area contributed by atoms with Crippen molar-refractivity contribution in [2.45, 2.75) is 69.9 Å². The van der Waals surface area contributed by atoms with Crippen LogP contribution in [0.4, 0.5) is 0 Å². The third-order valence-electron chi connectivity index (χ3n) is 8.64. The molecule has 0 aromatic heterocycles. The minimum Gasteiger partial charge on any atom is -0.461 e. The smallest absolute Gasteiger partial charge is 0.316 e. The summed E-state index contributed by atoms with van der Waals surface area (Å²) in [5, 5.41) is 12.2. The lowest BCUT2D eigenvalue weighted by Gasteiger charge is -2.59. The largest absolute Gasteiger partial charge is 0.461 e. The number of hydrogen-bond donors (Lipinski definition) is 1. The van der Waals surface area contributed by atoms with Gasteiger partial charge in [-0.15, -0.1) is 6.58 Å². The summed E-state index contributed by atoms with van der Waals surface area (Å²) in [6, 6.07) is 0. The summed E-state index contributed by atoms with van der Waals surface area (Å²) in [7, 11) is 0. The van der Waals surface area contributed by atoms with Gasteiger partial charge >= 0.3 is 5.97 Å². The van der Waals surface area contributed by atoms with Crippen LogP contribution in [0.5, 0.6) is 0 Å². The predicted molar refractivity (Wildman–Crippen MR) is 112 cm³/mol. The number of carbonyl (C=O) groups is 1. The summed E-state index contributed by atoms with van der Waals surface area (Å²) < 4.78 is 23.3. The number of fused-ring (bicyclic) bond motifs is 6. The summed E-state index contributed by atoms with van der Waals surface area (Å²) in [4.78, 5) is 13.2. The molecule has 5 aliphatic rings. The van der Waals surface area contributed by atoms with E-state index in [0.717, 1.165) is 19.3 Å². The second kappa shape index (κ2) is 7.10. The van der Waals surface area contributed by atoms with Crippen molar-refractivity contribution >= 4 is 5.97 Å². The van der Waals surface area contributed by atoms with Crippen molar-refractivity contribution in [2.75, 3.05) is 19.8 Å². The molecule has 2 heterocycles. The molecule has 1 spiro atoms. The zero-order valence-electron chi connectivity index (χ0n) is 18.4. The minimum atomic E-state index is -1.54. The molecule has 6 heteroatoms. The van der Waals surface area contributed by atoms with Crippen LogP contribution in [0.3, 0.4) is 0 Å². The molecule has 6 nitrogen and oxygen atoms in total. The number of hydrogen-bond acceptors (Lipinski definition) is 6. The normalized spacial score (nSPS) is 44.4. The molecular weight excluding hydrogens is 396 g/mol. The molecule has 0 radical (unpaired) electrons. The van der Waals surface area contributed by atoms with E-state index in [-0.39, 0.29) is 29.3 Å². The highest BCUT2D eigenvalue weighted by atomic mass is 16.7. The lowest BCUT2D eigenvalue weighted by molar-refractivity contribution is -0.195. The fraction of sp³-hybridized carbons (Fsp3) is 0.720. The Balaban J connectivity index is 1.59. The van der Waals surface area contributed by atoms with Gasteiger partial charge < -0.3 is 24.1 Å². The third-order valence-corrected chi connectivity index (χ3v) is 8.64. The van der Waals surface area contributed by atoms with Crippen LogP contribution in [0, 0.1) is 34.7 Å². The molecule has 0 aromatic carbocycles. The molecule has 4 fully saturated rings. The standard InChI is InChI=1S/C25H32O6/c1-4-8-23-16-19(31-21(23)26)20-18(25(23,27)11-12-28-5-2)7-6-17-15-24(29-13-14-30-24)10-9-22(17,20)3/h4,6,18-20,27H,1,5,7-10,13-16H2,2-3H3/t18-,19-,20+,22-,23-,25-/m0/s1. The summed E-state index contributed by atoms with van der Waals surface area (Å²) in [5.41, 5.74) is -1.55. The van der Waals surface area contributed by atoms with Gasteiger partial charge in [0.25, 0.3) is 0 Å². The Labute approximate surface area is 183 Å². The number of aliphatic hydroxyl groups is 1. The van der Waals surface area contributed by atoms with E-state index >= 15 is 0 Å². The Morgan fingerprint density at radius 3 is 2.84 bits per heavy atom. The van der Waals surface area contributed by atoms with Gasteiger partial charge in [0.05, 0.1) is 19.8 Å². The summed E-state index contributed by atoms with van der Waals surface area (Å²) in [5.74, 6) is 1.88. The van der Waals surface area contributed by atoms with E-state index in [4.69, 9.17) is 18.9 Å². The Morgan fingerprint density at radius 2 is 2.13 bits per heavy atom. The predicted octanol–water partition coefficient (Wildman–Crippen LogP) is 3.10. The zero-order valence-corrected chi connectivity index (χ0v) is 18.4. The van der Waals surface area contributed by atoms with Crippen molar-refractivity contribution in [3.8, 4) is 12.0 Å². The van der Waals surface area contributed by atoms with Crippen molar-refractivity contribution in [1.29, 1.82) is 0 Å². The minimum absolute atomic E-state index is 0.0171. The number of ether oxygens (including phenoxy) is 4. The van der Waals surface area contributed by atoms with Gasteiger partial charge in [0, 0.05) is 31.1 Å². The summed E-state index contributed by atoms with van der Waals surface area (Å²) >= 11 is 0. The maximum Gasteiger partial charge on any atom is 0.316 e. The van der Waals surface area contributed by atoms with Gasteiger partial charge in [0.1, 0.15) is 23.2 Å². The Kier molecular flexibility index (Phi) is 4.82. The van der Waals surface area contributed by atoms with Crippen LogP contribution >= 0.6 is 0 Å². The van der Waals surface area contributed by atoms with Crippen LogP contribution in [-0.2, 0) is 23.7 Å². The fourth-order valence-electron chi connectivity index (χ4n) is 7.13. The first kappa shape index (κ1) is 21.1. The van der Waals surface area contributed by atoms with Gasteiger partial charge in [0.2, 0.25) is 0 Å². The summed E-state index contributed by atoms with van der Waals surface area (Å²) in [6.07, 6.45) is 10.2. The highest BCUT2D eigenvalue weighted by molar-refractivity contribution is 5.83. The molecule has 3 aliphatic carbocycles. The number of carbonyl (C=O) groups excluding carboxylic acids is 1. The first-order chi connectivity index (χ1) is 14.8. The molecule has 5 rings (SSSR count). The van der Waals surface area contributed by atoms with Crippen LogP contribution in [0.25, 0.3) is 0 Å². The van der Waals surface area contributed by atoms with Crippen LogP contribution in [0.2, 0.25) is 0 Å². The van der Waals surface area contributed by atoms with Crippen LogP contribution in [-0.4, -0.2) is 48.4 Å². The van der Waals surface area contributed by atoms with E-state index in [2.05, 4.69) is 31.6 Å². The molecule has 168 valence electrons. The molecule has 0 aromatic rings. The first-order valence-corrected chi connectivity index (χ1v) is 11.5. The van der Waals surface area contributed by atoms with E-state index in [9.17, 15) is 9.90 Å². The molecule has 31 heavy (non-hydrogen) atoms. The first-order valence-electron chi connectivity index (χ1n) is 11.5. The van der Waals surface area contributed by atoms with Gasteiger partial charge in [0.15, 0.2) is 5.79 Å².